The maximum atomic E-state index is 14.6. The molecular formula is C25H21F4N5O2. The summed E-state index contributed by atoms with van der Waals surface area (Å²) in [5.41, 5.74) is 0.372. The summed E-state index contributed by atoms with van der Waals surface area (Å²) in [4.78, 5) is 29.5. The Hall–Kier alpha value is -4.28. The number of imidazole rings is 1. The van der Waals surface area contributed by atoms with E-state index in [0.29, 0.717) is 17.1 Å². The van der Waals surface area contributed by atoms with E-state index >= 15 is 0 Å². The predicted molar refractivity (Wildman–Crippen MR) is 122 cm³/mol. The Bertz CT molecular complexity index is 1470. The van der Waals surface area contributed by atoms with E-state index in [1.165, 1.54) is 36.7 Å². The molecule has 11 heteroatoms. The van der Waals surface area contributed by atoms with E-state index < -0.39 is 29.2 Å². The summed E-state index contributed by atoms with van der Waals surface area (Å²) in [7, 11) is 0. The highest BCUT2D eigenvalue weighted by Crippen LogP contribution is 2.31. The molecule has 0 spiro atoms. The molecule has 2 aromatic carbocycles. The van der Waals surface area contributed by atoms with Crippen LogP contribution in [-0.4, -0.2) is 31.0 Å². The van der Waals surface area contributed by atoms with Crippen molar-refractivity contribution in [2.45, 2.75) is 33.5 Å². The van der Waals surface area contributed by atoms with Crippen LogP contribution in [0.15, 0.2) is 54.9 Å². The van der Waals surface area contributed by atoms with Gasteiger partial charge in [0.15, 0.2) is 0 Å². The fourth-order valence-corrected chi connectivity index (χ4v) is 3.90. The summed E-state index contributed by atoms with van der Waals surface area (Å²) in [6.45, 7) is 4.61. The number of Topliss-reactive ketones (excluding diaryl/α,β-unsaturated/α-hetero) is 1. The van der Waals surface area contributed by atoms with Gasteiger partial charge in [0.05, 0.1) is 33.9 Å². The molecule has 0 aliphatic rings. The second-order valence-electron chi connectivity index (χ2n) is 8.15. The summed E-state index contributed by atoms with van der Waals surface area (Å²) in [5.74, 6) is -1.76. The topological polar surface area (TPSA) is 81.8 Å². The third-order valence-corrected chi connectivity index (χ3v) is 5.69. The number of rotatable bonds is 6. The number of nitrogens with one attached hydrogen (secondary N) is 1. The molecule has 186 valence electrons. The van der Waals surface area contributed by atoms with Gasteiger partial charge in [-0.3, -0.25) is 9.59 Å². The molecular weight excluding hydrogens is 478 g/mol. The number of aromatic nitrogens is 4. The normalized spacial score (nSPS) is 11.5. The number of benzene rings is 2. The number of halogens is 4. The van der Waals surface area contributed by atoms with Crippen molar-refractivity contribution in [1.29, 1.82) is 0 Å². The molecule has 0 radical (unpaired) electrons. The number of ketones is 1. The van der Waals surface area contributed by atoms with E-state index in [9.17, 15) is 27.2 Å². The van der Waals surface area contributed by atoms with E-state index in [1.807, 2.05) is 0 Å². The van der Waals surface area contributed by atoms with Crippen molar-refractivity contribution in [3.05, 3.63) is 94.6 Å². The number of hydrogen-bond acceptors (Lipinski definition) is 4. The summed E-state index contributed by atoms with van der Waals surface area (Å²) in [6.07, 6.45) is -1.37. The lowest BCUT2D eigenvalue weighted by Crippen LogP contribution is -2.31. The van der Waals surface area contributed by atoms with E-state index in [0.717, 1.165) is 12.1 Å². The van der Waals surface area contributed by atoms with E-state index in [4.69, 9.17) is 0 Å². The molecule has 2 heterocycles. The molecule has 0 aliphatic carbocycles. The zero-order chi connectivity index (χ0) is 26.2. The highest BCUT2D eigenvalue weighted by atomic mass is 19.4. The number of aryl methyl sites for hydroxylation is 2. The number of amides is 1. The van der Waals surface area contributed by atoms with Crippen LogP contribution in [-0.2, 0) is 17.5 Å². The van der Waals surface area contributed by atoms with Gasteiger partial charge >= 0.3 is 6.18 Å². The molecule has 7 nitrogen and oxygen atoms in total. The van der Waals surface area contributed by atoms with Crippen LogP contribution in [0.4, 0.5) is 17.6 Å². The largest absolute Gasteiger partial charge is 0.416 e. The minimum absolute atomic E-state index is 0.0120. The van der Waals surface area contributed by atoms with Crippen LogP contribution in [0.3, 0.4) is 0 Å². The van der Waals surface area contributed by atoms with Crippen LogP contribution < -0.4 is 5.32 Å². The predicted octanol–water partition coefficient (Wildman–Crippen LogP) is 4.64. The van der Waals surface area contributed by atoms with Gasteiger partial charge in [-0.05, 0) is 56.7 Å². The van der Waals surface area contributed by atoms with Gasteiger partial charge in [0.25, 0.3) is 11.7 Å². The van der Waals surface area contributed by atoms with Crippen molar-refractivity contribution in [2.75, 3.05) is 0 Å². The molecule has 2 aromatic heterocycles. The van der Waals surface area contributed by atoms with Crippen molar-refractivity contribution in [3.8, 4) is 11.4 Å². The molecule has 4 rings (SSSR count). The van der Waals surface area contributed by atoms with Gasteiger partial charge in [-0.1, -0.05) is 12.1 Å². The Morgan fingerprint density at radius 1 is 1.06 bits per heavy atom. The molecule has 0 bridgehead atoms. The molecule has 0 saturated carbocycles. The lowest BCUT2D eigenvalue weighted by molar-refractivity contribution is -0.137. The smallest absolute Gasteiger partial charge is 0.345 e. The van der Waals surface area contributed by atoms with Gasteiger partial charge in [0.2, 0.25) is 0 Å². The number of carbonyl (C=O) groups excluding carboxylic acids is 2. The molecule has 4 aromatic rings. The van der Waals surface area contributed by atoms with E-state index in [1.54, 1.807) is 36.0 Å². The third-order valence-electron chi connectivity index (χ3n) is 5.69. The fraction of sp³-hybridized carbons (Fsp3) is 0.200. The van der Waals surface area contributed by atoms with Crippen LogP contribution in [0, 0.1) is 26.6 Å². The van der Waals surface area contributed by atoms with Crippen molar-refractivity contribution in [3.63, 3.8) is 0 Å². The Labute approximate surface area is 203 Å². The highest BCUT2D eigenvalue weighted by Gasteiger charge is 2.31. The highest BCUT2D eigenvalue weighted by molar-refractivity contribution is 6.43. The number of alkyl halides is 3. The Morgan fingerprint density at radius 3 is 2.44 bits per heavy atom. The van der Waals surface area contributed by atoms with Gasteiger partial charge in [-0.2, -0.15) is 18.3 Å². The first kappa shape index (κ1) is 24.8. The molecule has 0 unspecified atom stereocenters. The van der Waals surface area contributed by atoms with Crippen molar-refractivity contribution >= 4 is 11.7 Å². The van der Waals surface area contributed by atoms with Crippen LogP contribution >= 0.6 is 0 Å². The lowest BCUT2D eigenvalue weighted by Gasteiger charge is -2.10. The Balaban J connectivity index is 1.51. The average Bonchev–Trinajstić information content (AvgIpc) is 3.38. The van der Waals surface area contributed by atoms with Crippen LogP contribution in [0.2, 0.25) is 0 Å². The molecule has 0 fully saturated rings. The van der Waals surface area contributed by atoms with Gasteiger partial charge in [0.1, 0.15) is 11.6 Å². The van der Waals surface area contributed by atoms with Crippen molar-refractivity contribution in [2.24, 2.45) is 0 Å². The molecule has 0 saturated heterocycles. The van der Waals surface area contributed by atoms with Gasteiger partial charge in [0, 0.05) is 18.9 Å². The molecule has 0 atom stereocenters. The summed E-state index contributed by atoms with van der Waals surface area (Å²) in [5, 5.41) is 6.63. The van der Waals surface area contributed by atoms with Crippen LogP contribution in [0.5, 0.6) is 0 Å². The summed E-state index contributed by atoms with van der Waals surface area (Å²) in [6, 6.07) is 8.92. The zero-order valence-corrected chi connectivity index (χ0v) is 19.5. The minimum Gasteiger partial charge on any atom is -0.345 e. The summed E-state index contributed by atoms with van der Waals surface area (Å²) >= 11 is 0. The number of nitrogens with zero attached hydrogens (tertiary/aromatic N) is 4. The Kier molecular flexibility index (Phi) is 6.49. The van der Waals surface area contributed by atoms with E-state index in [-0.39, 0.29) is 29.2 Å². The second kappa shape index (κ2) is 9.40. The van der Waals surface area contributed by atoms with Crippen LogP contribution in [0.25, 0.3) is 11.4 Å². The SMILES string of the molecule is Cc1nn(-c2cccc(C(F)(F)F)c2)c(C)c1C(=O)C(=O)NCc1ccc(-n2ccnc2C)c(F)c1. The maximum absolute atomic E-state index is 14.6. The van der Waals surface area contributed by atoms with Crippen LogP contribution in [0.1, 0.15) is 38.7 Å². The minimum atomic E-state index is -4.54. The first-order valence-electron chi connectivity index (χ1n) is 10.8. The zero-order valence-electron chi connectivity index (χ0n) is 19.5. The average molecular weight is 499 g/mol. The van der Waals surface area contributed by atoms with Crippen molar-refractivity contribution < 1.29 is 27.2 Å². The first-order valence-corrected chi connectivity index (χ1v) is 10.8. The van der Waals surface area contributed by atoms with E-state index in [2.05, 4.69) is 15.4 Å². The first-order chi connectivity index (χ1) is 17.0. The monoisotopic (exact) mass is 499 g/mol. The second-order valence-corrected chi connectivity index (χ2v) is 8.15. The number of hydrogen-bond donors (Lipinski definition) is 1. The standard InChI is InChI=1S/C25H21F4N5O2/c1-14-22(15(2)34(32-14)19-6-4-5-18(12-19)25(27,28)29)23(35)24(36)31-13-17-7-8-21(20(26)11-17)33-10-9-30-16(33)3/h4-12H,13H2,1-3H3,(H,31,36). The fourth-order valence-electron chi connectivity index (χ4n) is 3.90. The van der Waals surface area contributed by atoms with Gasteiger partial charge < -0.3 is 9.88 Å². The molecule has 1 N–H and O–H groups in total. The van der Waals surface area contributed by atoms with Gasteiger partial charge in [-0.15, -0.1) is 0 Å². The lowest BCUT2D eigenvalue weighted by atomic mass is 10.1. The van der Waals surface area contributed by atoms with Gasteiger partial charge in [-0.25, -0.2) is 14.1 Å². The maximum Gasteiger partial charge on any atom is 0.416 e. The number of carbonyl (C=O) groups is 2. The quantitative estimate of drug-likeness (QED) is 0.238. The molecule has 0 aliphatic heterocycles. The molecule has 1 amide bonds. The van der Waals surface area contributed by atoms with Crippen molar-refractivity contribution in [1.82, 2.24) is 24.6 Å². The summed E-state index contributed by atoms with van der Waals surface area (Å²) < 4.78 is 56.7. The molecule has 36 heavy (non-hydrogen) atoms. The third kappa shape index (κ3) is 4.77. The Morgan fingerprint density at radius 2 is 1.81 bits per heavy atom.